The number of benzene rings is 3. The van der Waals surface area contributed by atoms with Crippen LogP contribution in [0.15, 0.2) is 89.5 Å². The molecule has 51 heavy (non-hydrogen) atoms. The van der Waals surface area contributed by atoms with Gasteiger partial charge in [-0.25, -0.2) is 4.79 Å². The van der Waals surface area contributed by atoms with Gasteiger partial charge in [-0.2, -0.15) is 0 Å². The highest BCUT2D eigenvalue weighted by atomic mass is 32.2. The second-order valence-electron chi connectivity index (χ2n) is 13.7. The summed E-state index contributed by atoms with van der Waals surface area (Å²) in [6.07, 6.45) is 4.28. The summed E-state index contributed by atoms with van der Waals surface area (Å²) in [4.78, 5) is 55.3. The lowest BCUT2D eigenvalue weighted by Gasteiger charge is -2.33. The Labute approximate surface area is 308 Å². The third kappa shape index (κ3) is 9.56. The predicted molar refractivity (Wildman–Crippen MR) is 207 cm³/mol. The topological polar surface area (TPSA) is 114 Å². The molecule has 3 aromatic carbocycles. The van der Waals surface area contributed by atoms with Crippen LogP contribution in [0.3, 0.4) is 0 Å². The number of thioether (sulfide) groups is 1. The monoisotopic (exact) mass is 723 g/mol. The predicted octanol–water partition coefficient (Wildman–Crippen LogP) is 8.91. The Balaban J connectivity index is 1.30. The molecule has 0 bridgehead atoms. The Hall–Kier alpha value is -4.67. The lowest BCUT2D eigenvalue weighted by Crippen LogP contribution is -2.30. The zero-order chi connectivity index (χ0) is 36.7. The van der Waals surface area contributed by atoms with Gasteiger partial charge in [0.25, 0.3) is 11.8 Å². The first-order valence-electron chi connectivity index (χ1n) is 17.2. The van der Waals surface area contributed by atoms with Gasteiger partial charge in [-0.3, -0.25) is 14.4 Å². The van der Waals surface area contributed by atoms with Gasteiger partial charge in [0.05, 0.1) is 17.4 Å². The Morgan fingerprint density at radius 2 is 1.71 bits per heavy atom. The van der Waals surface area contributed by atoms with Crippen LogP contribution < -0.4 is 16.0 Å². The normalized spacial score (nSPS) is 14.9. The van der Waals surface area contributed by atoms with Crippen LogP contribution in [-0.2, 0) is 27.2 Å². The summed E-state index contributed by atoms with van der Waals surface area (Å²) < 4.78 is 5.42. The van der Waals surface area contributed by atoms with E-state index in [2.05, 4.69) is 36.7 Å². The number of thiophene rings is 1. The summed E-state index contributed by atoms with van der Waals surface area (Å²) in [5.41, 5.74) is 4.39. The molecular formula is C41H45N3O5S2. The quantitative estimate of drug-likeness (QED) is 0.0810. The van der Waals surface area contributed by atoms with E-state index in [0.717, 1.165) is 45.7 Å². The molecule has 0 spiro atoms. The SMILES string of the molecule is CCOC(=O)c1c(NC(=O)C(C)Sc2cccc(NC(=O)/C(=C/c3ccccc3C)NC(=O)c3ccccc3)c2)sc2c1CCC(C(C)(C)C)C2. The van der Waals surface area contributed by atoms with Crippen molar-refractivity contribution in [1.29, 1.82) is 0 Å². The summed E-state index contributed by atoms with van der Waals surface area (Å²) in [7, 11) is 0. The van der Waals surface area contributed by atoms with Crippen LogP contribution >= 0.6 is 23.1 Å². The zero-order valence-corrected chi connectivity index (χ0v) is 31.6. The van der Waals surface area contributed by atoms with Gasteiger partial charge in [0.2, 0.25) is 5.91 Å². The fraction of sp³-hybridized carbons (Fsp3) is 0.317. The molecule has 5 rings (SSSR count). The maximum atomic E-state index is 13.6. The van der Waals surface area contributed by atoms with E-state index in [1.807, 2.05) is 43.3 Å². The van der Waals surface area contributed by atoms with Gasteiger partial charge in [0, 0.05) is 21.0 Å². The number of anilines is 2. The fourth-order valence-corrected chi connectivity index (χ4v) is 8.24. The Morgan fingerprint density at radius 1 is 0.980 bits per heavy atom. The van der Waals surface area contributed by atoms with Crippen molar-refractivity contribution in [3.63, 3.8) is 0 Å². The minimum Gasteiger partial charge on any atom is -0.462 e. The van der Waals surface area contributed by atoms with Gasteiger partial charge >= 0.3 is 5.97 Å². The first-order valence-corrected chi connectivity index (χ1v) is 18.9. The molecule has 3 amide bonds. The number of carbonyl (C=O) groups excluding carboxylic acids is 4. The Kier molecular flexibility index (Phi) is 12.2. The van der Waals surface area contributed by atoms with E-state index in [0.29, 0.717) is 27.7 Å². The van der Waals surface area contributed by atoms with E-state index in [1.54, 1.807) is 62.4 Å². The number of fused-ring (bicyclic) bond motifs is 1. The lowest BCUT2D eigenvalue weighted by molar-refractivity contribution is -0.115. The average molecular weight is 724 g/mol. The Bertz CT molecular complexity index is 1940. The maximum absolute atomic E-state index is 13.6. The average Bonchev–Trinajstić information content (AvgIpc) is 3.46. The number of nitrogens with one attached hydrogen (secondary N) is 3. The highest BCUT2D eigenvalue weighted by Crippen LogP contribution is 2.44. The lowest BCUT2D eigenvalue weighted by atomic mass is 9.72. The first kappa shape index (κ1) is 37.6. The second-order valence-corrected chi connectivity index (χ2v) is 16.2. The summed E-state index contributed by atoms with van der Waals surface area (Å²) in [5, 5.41) is 8.75. The van der Waals surface area contributed by atoms with E-state index in [1.165, 1.54) is 23.1 Å². The van der Waals surface area contributed by atoms with Crippen molar-refractivity contribution in [2.45, 2.75) is 71.0 Å². The molecule has 1 aliphatic carbocycles. The number of esters is 1. The van der Waals surface area contributed by atoms with Crippen molar-refractivity contribution >= 4 is 63.6 Å². The van der Waals surface area contributed by atoms with Gasteiger partial charge in [0.1, 0.15) is 10.7 Å². The van der Waals surface area contributed by atoms with Crippen molar-refractivity contribution in [2.75, 3.05) is 17.2 Å². The molecule has 0 saturated carbocycles. The zero-order valence-electron chi connectivity index (χ0n) is 29.9. The van der Waals surface area contributed by atoms with Gasteiger partial charge < -0.3 is 20.7 Å². The van der Waals surface area contributed by atoms with Gasteiger partial charge in [-0.15, -0.1) is 23.1 Å². The molecule has 0 fully saturated rings. The molecule has 1 aliphatic rings. The van der Waals surface area contributed by atoms with Crippen LogP contribution in [-0.4, -0.2) is 35.5 Å². The molecule has 4 aromatic rings. The van der Waals surface area contributed by atoms with E-state index in [9.17, 15) is 19.2 Å². The molecular weight excluding hydrogens is 679 g/mol. The van der Waals surface area contributed by atoms with E-state index in [-0.39, 0.29) is 23.6 Å². The molecule has 8 nitrogen and oxygen atoms in total. The second kappa shape index (κ2) is 16.6. The van der Waals surface area contributed by atoms with Crippen LogP contribution in [0.5, 0.6) is 0 Å². The van der Waals surface area contributed by atoms with Crippen molar-refractivity contribution in [2.24, 2.45) is 11.3 Å². The highest BCUT2D eigenvalue weighted by Gasteiger charge is 2.35. The van der Waals surface area contributed by atoms with E-state index >= 15 is 0 Å². The number of amides is 3. The van der Waals surface area contributed by atoms with Crippen LogP contribution in [0.25, 0.3) is 6.08 Å². The smallest absolute Gasteiger partial charge is 0.341 e. The molecule has 10 heteroatoms. The molecule has 266 valence electrons. The van der Waals surface area contributed by atoms with Gasteiger partial charge in [-0.05, 0) is 104 Å². The van der Waals surface area contributed by atoms with Crippen LogP contribution in [0.4, 0.5) is 10.7 Å². The minimum absolute atomic E-state index is 0.0915. The summed E-state index contributed by atoms with van der Waals surface area (Å²) in [6, 6.07) is 23.5. The molecule has 2 atom stereocenters. The summed E-state index contributed by atoms with van der Waals surface area (Å²) in [6.45, 7) is 12.5. The number of carbonyl (C=O) groups is 4. The summed E-state index contributed by atoms with van der Waals surface area (Å²) in [5.74, 6) is -1.05. The Morgan fingerprint density at radius 3 is 2.41 bits per heavy atom. The molecule has 0 saturated heterocycles. The number of aryl methyl sites for hydroxylation is 1. The molecule has 3 N–H and O–H groups in total. The standard InChI is InChI=1S/C41H45N3O5S2/c1-7-49-40(48)35-32-21-20-29(41(4,5)6)23-34(32)51-39(35)44-36(45)26(3)50-31-19-13-18-30(24-31)42-38(47)33(22-28-17-12-11-14-25(28)2)43-37(46)27-15-9-8-10-16-27/h8-19,22,24,26,29H,7,20-21,23H2,1-6H3,(H,42,47)(H,43,46)(H,44,45)/b33-22-. The number of rotatable bonds is 11. The van der Waals surface area contributed by atoms with Crippen LogP contribution in [0.1, 0.15) is 83.3 Å². The maximum Gasteiger partial charge on any atom is 0.341 e. The van der Waals surface area contributed by atoms with Crippen molar-refractivity contribution < 1.29 is 23.9 Å². The van der Waals surface area contributed by atoms with Crippen molar-refractivity contribution in [3.8, 4) is 0 Å². The third-order valence-electron chi connectivity index (χ3n) is 9.00. The van der Waals surface area contributed by atoms with E-state index < -0.39 is 23.0 Å². The number of ether oxygens (including phenoxy) is 1. The van der Waals surface area contributed by atoms with Crippen molar-refractivity contribution in [1.82, 2.24) is 5.32 Å². The van der Waals surface area contributed by atoms with Crippen molar-refractivity contribution in [3.05, 3.63) is 117 Å². The number of hydrogen-bond donors (Lipinski definition) is 3. The highest BCUT2D eigenvalue weighted by molar-refractivity contribution is 8.00. The molecule has 0 aliphatic heterocycles. The van der Waals surface area contributed by atoms with Gasteiger partial charge in [-0.1, -0.05) is 69.3 Å². The van der Waals surface area contributed by atoms with E-state index in [4.69, 9.17) is 4.74 Å². The molecule has 0 radical (unpaired) electrons. The molecule has 1 aromatic heterocycles. The number of hydrogen-bond acceptors (Lipinski definition) is 7. The van der Waals surface area contributed by atoms with Gasteiger partial charge in [0.15, 0.2) is 0 Å². The fourth-order valence-electron chi connectivity index (χ4n) is 6.00. The first-order chi connectivity index (χ1) is 24.3. The third-order valence-corrected chi connectivity index (χ3v) is 11.3. The van der Waals surface area contributed by atoms with Crippen LogP contribution in [0, 0.1) is 18.3 Å². The molecule has 2 unspecified atom stereocenters. The summed E-state index contributed by atoms with van der Waals surface area (Å²) >= 11 is 2.82. The minimum atomic E-state index is -0.519. The largest absolute Gasteiger partial charge is 0.462 e. The molecule has 1 heterocycles. The van der Waals surface area contributed by atoms with Crippen LogP contribution in [0.2, 0.25) is 0 Å².